The van der Waals surface area contributed by atoms with E-state index in [1.807, 2.05) is 12.4 Å². The summed E-state index contributed by atoms with van der Waals surface area (Å²) < 4.78 is 0. The van der Waals surface area contributed by atoms with Gasteiger partial charge in [-0.25, -0.2) is 4.98 Å². The molecule has 0 bridgehead atoms. The molecule has 1 aromatic rings. The van der Waals surface area contributed by atoms with Gasteiger partial charge in [-0.2, -0.15) is 0 Å². The predicted octanol–water partition coefficient (Wildman–Crippen LogP) is 3.17. The Labute approximate surface area is 123 Å². The van der Waals surface area contributed by atoms with Crippen LogP contribution < -0.4 is 5.32 Å². The van der Waals surface area contributed by atoms with Crippen molar-refractivity contribution >= 4 is 5.82 Å². The van der Waals surface area contributed by atoms with Crippen molar-refractivity contribution in [3.8, 4) is 0 Å². The van der Waals surface area contributed by atoms with E-state index in [0.717, 1.165) is 36.4 Å². The van der Waals surface area contributed by atoms with E-state index < -0.39 is 0 Å². The number of rotatable bonds is 5. The van der Waals surface area contributed by atoms with Gasteiger partial charge >= 0.3 is 0 Å². The summed E-state index contributed by atoms with van der Waals surface area (Å²) in [4.78, 5) is 11.4. The minimum absolute atomic E-state index is 0.814. The first-order chi connectivity index (χ1) is 9.69. The van der Waals surface area contributed by atoms with Gasteiger partial charge in [0, 0.05) is 13.1 Å². The molecule has 1 aromatic heterocycles. The average molecular weight is 276 g/mol. The SMILES string of the molecule is CCNc1cnc(CN2CCCC(C(C)C)CC2)cn1. The highest BCUT2D eigenvalue weighted by Crippen LogP contribution is 2.25. The van der Waals surface area contributed by atoms with Gasteiger partial charge in [0.05, 0.1) is 18.1 Å². The zero-order valence-corrected chi connectivity index (χ0v) is 13.1. The lowest BCUT2D eigenvalue weighted by atomic mass is 9.89. The first kappa shape index (κ1) is 15.2. The topological polar surface area (TPSA) is 41.1 Å². The molecule has 0 aliphatic carbocycles. The maximum absolute atomic E-state index is 4.51. The van der Waals surface area contributed by atoms with Gasteiger partial charge in [-0.05, 0) is 51.1 Å². The van der Waals surface area contributed by atoms with E-state index in [4.69, 9.17) is 0 Å². The molecule has 1 aliphatic heterocycles. The van der Waals surface area contributed by atoms with E-state index in [1.54, 1.807) is 0 Å². The maximum atomic E-state index is 4.51. The van der Waals surface area contributed by atoms with Crippen molar-refractivity contribution in [3.05, 3.63) is 18.1 Å². The van der Waals surface area contributed by atoms with Crippen LogP contribution >= 0.6 is 0 Å². The number of likely N-dealkylation sites (tertiary alicyclic amines) is 1. The van der Waals surface area contributed by atoms with Gasteiger partial charge in [-0.3, -0.25) is 9.88 Å². The largest absolute Gasteiger partial charge is 0.369 e. The van der Waals surface area contributed by atoms with Crippen molar-refractivity contribution in [2.24, 2.45) is 11.8 Å². The molecule has 20 heavy (non-hydrogen) atoms. The molecular formula is C16H28N4. The lowest BCUT2D eigenvalue weighted by molar-refractivity contribution is 0.262. The summed E-state index contributed by atoms with van der Waals surface area (Å²) in [5, 5.41) is 3.18. The zero-order valence-electron chi connectivity index (χ0n) is 13.1. The monoisotopic (exact) mass is 276 g/mol. The van der Waals surface area contributed by atoms with Crippen LogP contribution in [0, 0.1) is 11.8 Å². The number of anilines is 1. The first-order valence-electron chi connectivity index (χ1n) is 7.96. The highest BCUT2D eigenvalue weighted by molar-refractivity contribution is 5.30. The van der Waals surface area contributed by atoms with E-state index in [2.05, 4.69) is 41.0 Å². The van der Waals surface area contributed by atoms with E-state index in [1.165, 1.54) is 32.4 Å². The van der Waals surface area contributed by atoms with Gasteiger partial charge in [-0.15, -0.1) is 0 Å². The fourth-order valence-corrected chi connectivity index (χ4v) is 2.94. The van der Waals surface area contributed by atoms with Gasteiger partial charge in [0.1, 0.15) is 5.82 Å². The Balaban J connectivity index is 1.86. The number of hydrogen-bond acceptors (Lipinski definition) is 4. The van der Waals surface area contributed by atoms with Crippen LogP contribution in [-0.2, 0) is 6.54 Å². The zero-order chi connectivity index (χ0) is 14.4. The Hall–Kier alpha value is -1.16. The third-order valence-electron chi connectivity index (χ3n) is 4.26. The molecule has 112 valence electrons. The third kappa shape index (κ3) is 4.44. The summed E-state index contributed by atoms with van der Waals surface area (Å²) in [6.45, 7) is 11.0. The molecule has 1 N–H and O–H groups in total. The molecule has 0 radical (unpaired) electrons. The van der Waals surface area contributed by atoms with E-state index in [0.29, 0.717) is 0 Å². The van der Waals surface area contributed by atoms with Crippen molar-refractivity contribution in [1.29, 1.82) is 0 Å². The standard InChI is InChI=1S/C16H28N4/c1-4-17-16-11-18-15(10-19-16)12-20-8-5-6-14(7-9-20)13(2)3/h10-11,13-14H,4-9,12H2,1-3H3,(H,17,19). The predicted molar refractivity (Wildman–Crippen MR) is 83.7 cm³/mol. The molecule has 1 fully saturated rings. The minimum Gasteiger partial charge on any atom is -0.369 e. The smallest absolute Gasteiger partial charge is 0.144 e. The van der Waals surface area contributed by atoms with E-state index in [-0.39, 0.29) is 0 Å². The molecule has 1 saturated heterocycles. The molecule has 4 heteroatoms. The van der Waals surface area contributed by atoms with Gasteiger partial charge in [0.15, 0.2) is 0 Å². The molecule has 1 unspecified atom stereocenters. The molecule has 0 saturated carbocycles. The van der Waals surface area contributed by atoms with Crippen LogP contribution in [0.1, 0.15) is 45.7 Å². The van der Waals surface area contributed by atoms with Crippen molar-refractivity contribution < 1.29 is 0 Å². The second-order valence-electron chi connectivity index (χ2n) is 6.13. The highest BCUT2D eigenvalue weighted by atomic mass is 15.1. The maximum Gasteiger partial charge on any atom is 0.144 e. The Morgan fingerprint density at radius 1 is 1.25 bits per heavy atom. The third-order valence-corrected chi connectivity index (χ3v) is 4.26. The molecule has 2 rings (SSSR count). The number of hydrogen-bond donors (Lipinski definition) is 1. The van der Waals surface area contributed by atoms with Crippen molar-refractivity contribution in [2.75, 3.05) is 25.0 Å². The number of nitrogens with one attached hydrogen (secondary N) is 1. The van der Waals surface area contributed by atoms with Gasteiger partial charge in [0.2, 0.25) is 0 Å². The molecule has 2 heterocycles. The Morgan fingerprint density at radius 3 is 2.75 bits per heavy atom. The molecular weight excluding hydrogens is 248 g/mol. The number of aromatic nitrogens is 2. The summed E-state index contributed by atoms with van der Waals surface area (Å²) in [6, 6.07) is 0. The lowest BCUT2D eigenvalue weighted by Gasteiger charge is -2.20. The Morgan fingerprint density at radius 2 is 2.10 bits per heavy atom. The van der Waals surface area contributed by atoms with Crippen molar-refractivity contribution in [2.45, 2.75) is 46.6 Å². The lowest BCUT2D eigenvalue weighted by Crippen LogP contribution is -2.25. The summed E-state index contributed by atoms with van der Waals surface area (Å²) in [5.41, 5.74) is 1.08. The van der Waals surface area contributed by atoms with Crippen LogP contribution in [0.3, 0.4) is 0 Å². The Bertz CT molecular complexity index is 388. The normalized spacial score (nSPS) is 20.9. The Kier molecular flexibility index (Phi) is 5.77. The first-order valence-corrected chi connectivity index (χ1v) is 7.96. The molecule has 0 spiro atoms. The average Bonchev–Trinajstić information content (AvgIpc) is 2.67. The second-order valence-corrected chi connectivity index (χ2v) is 6.13. The quantitative estimate of drug-likeness (QED) is 0.897. The summed E-state index contributed by atoms with van der Waals surface area (Å²) >= 11 is 0. The van der Waals surface area contributed by atoms with Crippen molar-refractivity contribution in [1.82, 2.24) is 14.9 Å². The minimum atomic E-state index is 0.814. The van der Waals surface area contributed by atoms with Gasteiger partial charge in [0.25, 0.3) is 0 Å². The number of nitrogens with zero attached hydrogens (tertiary/aromatic N) is 3. The second kappa shape index (κ2) is 7.58. The summed E-state index contributed by atoms with van der Waals surface area (Å²) in [6.07, 6.45) is 7.75. The van der Waals surface area contributed by atoms with E-state index in [9.17, 15) is 0 Å². The fraction of sp³-hybridized carbons (Fsp3) is 0.750. The van der Waals surface area contributed by atoms with Crippen LogP contribution in [0.25, 0.3) is 0 Å². The fourth-order valence-electron chi connectivity index (χ4n) is 2.94. The summed E-state index contributed by atoms with van der Waals surface area (Å²) in [5.74, 6) is 2.57. The van der Waals surface area contributed by atoms with Crippen LogP contribution in [-0.4, -0.2) is 34.5 Å². The van der Waals surface area contributed by atoms with E-state index >= 15 is 0 Å². The summed E-state index contributed by atoms with van der Waals surface area (Å²) in [7, 11) is 0. The van der Waals surface area contributed by atoms with Gasteiger partial charge < -0.3 is 5.32 Å². The molecule has 1 atom stereocenters. The van der Waals surface area contributed by atoms with Crippen LogP contribution in [0.5, 0.6) is 0 Å². The highest BCUT2D eigenvalue weighted by Gasteiger charge is 2.19. The van der Waals surface area contributed by atoms with Crippen LogP contribution in [0.2, 0.25) is 0 Å². The molecule has 4 nitrogen and oxygen atoms in total. The molecule has 0 aromatic carbocycles. The van der Waals surface area contributed by atoms with Crippen LogP contribution in [0.4, 0.5) is 5.82 Å². The van der Waals surface area contributed by atoms with Crippen molar-refractivity contribution in [3.63, 3.8) is 0 Å². The van der Waals surface area contributed by atoms with Crippen LogP contribution in [0.15, 0.2) is 12.4 Å². The molecule has 0 amide bonds. The van der Waals surface area contributed by atoms with Gasteiger partial charge in [-0.1, -0.05) is 13.8 Å². The molecule has 1 aliphatic rings.